The molecule has 1 fully saturated rings. The minimum atomic E-state index is -0.440. The van der Waals surface area contributed by atoms with Gasteiger partial charge < -0.3 is 9.74 Å². The molecule has 1 saturated heterocycles. The Balaban J connectivity index is 2.07. The van der Waals surface area contributed by atoms with Crippen LogP contribution in [-0.2, 0) is 9.63 Å². The first kappa shape index (κ1) is 10.7. The molecular formula is C12H14N2O2. The van der Waals surface area contributed by atoms with Crippen LogP contribution in [0.5, 0.6) is 0 Å². The maximum Gasteiger partial charge on any atom is 0.210 e. The summed E-state index contributed by atoms with van der Waals surface area (Å²) in [6, 6.07) is 0. The van der Waals surface area contributed by atoms with E-state index in [0.717, 1.165) is 37.7 Å². The van der Waals surface area contributed by atoms with E-state index in [4.69, 9.17) is 11.3 Å². The molecule has 1 atom stereocenters. The minimum absolute atomic E-state index is 0.440. The summed E-state index contributed by atoms with van der Waals surface area (Å²) in [5.41, 5.74) is 1.11. The second-order valence-corrected chi connectivity index (χ2v) is 3.98. The number of nitrogens with zero attached hydrogens (tertiary/aromatic N) is 2. The van der Waals surface area contributed by atoms with Crippen LogP contribution in [0.4, 0.5) is 0 Å². The fourth-order valence-corrected chi connectivity index (χ4v) is 2.27. The third-order valence-corrected chi connectivity index (χ3v) is 3.07. The van der Waals surface area contributed by atoms with Crippen molar-refractivity contribution in [1.29, 1.82) is 0 Å². The van der Waals surface area contributed by atoms with E-state index < -0.39 is 6.10 Å². The summed E-state index contributed by atoms with van der Waals surface area (Å²) in [6.45, 7) is 2.20. The normalized spacial score (nSPS) is 21.7. The van der Waals surface area contributed by atoms with Gasteiger partial charge in [-0.2, -0.15) is 0 Å². The standard InChI is InChI=1S/C12H14N2O2/c1-2-12(16-13-5-8-15)11-9-14-6-3-10(11)4-7-14/h1,5,8-10,12H,3-4,6-7H2. The molecule has 1 unspecified atom stereocenters. The van der Waals surface area contributed by atoms with Crippen LogP contribution in [0.2, 0.25) is 0 Å². The fraction of sp³-hybridized carbons (Fsp3) is 0.500. The second kappa shape index (κ2) is 4.84. The highest BCUT2D eigenvalue weighted by atomic mass is 16.6. The molecule has 3 aliphatic rings. The summed E-state index contributed by atoms with van der Waals surface area (Å²) in [7, 11) is 0. The molecular weight excluding hydrogens is 204 g/mol. The fourth-order valence-electron chi connectivity index (χ4n) is 2.27. The predicted molar refractivity (Wildman–Crippen MR) is 60.6 cm³/mol. The topological polar surface area (TPSA) is 41.9 Å². The Morgan fingerprint density at radius 2 is 2.38 bits per heavy atom. The molecule has 4 heteroatoms. The Labute approximate surface area is 94.9 Å². The molecule has 0 N–H and O–H groups in total. The highest BCUT2D eigenvalue weighted by molar-refractivity contribution is 6.12. The Hall–Kier alpha value is -1.76. The molecule has 84 valence electrons. The molecule has 16 heavy (non-hydrogen) atoms. The number of rotatable bonds is 4. The maximum absolute atomic E-state index is 10.1. The molecule has 0 aliphatic carbocycles. The molecule has 3 heterocycles. The van der Waals surface area contributed by atoms with Crippen LogP contribution in [0.3, 0.4) is 0 Å². The van der Waals surface area contributed by atoms with E-state index >= 15 is 0 Å². The molecule has 0 aromatic carbocycles. The smallest absolute Gasteiger partial charge is 0.210 e. The zero-order chi connectivity index (χ0) is 11.4. The summed E-state index contributed by atoms with van der Waals surface area (Å²) in [6.07, 6.45) is 11.0. The largest absolute Gasteiger partial charge is 0.377 e. The van der Waals surface area contributed by atoms with Crippen LogP contribution in [0, 0.1) is 18.3 Å². The average molecular weight is 218 g/mol. The first-order valence-corrected chi connectivity index (χ1v) is 5.40. The van der Waals surface area contributed by atoms with Gasteiger partial charge in [-0.05, 0) is 18.8 Å². The summed E-state index contributed by atoms with van der Waals surface area (Å²) >= 11 is 0. The summed E-state index contributed by atoms with van der Waals surface area (Å²) in [4.78, 5) is 17.5. The Kier molecular flexibility index (Phi) is 3.25. The molecule has 0 aromatic rings. The zero-order valence-electron chi connectivity index (χ0n) is 9.00. The van der Waals surface area contributed by atoms with Crippen molar-refractivity contribution in [1.82, 2.24) is 4.90 Å². The van der Waals surface area contributed by atoms with Crippen LogP contribution in [0.25, 0.3) is 0 Å². The van der Waals surface area contributed by atoms with Crippen LogP contribution in [0.1, 0.15) is 12.8 Å². The molecule has 0 radical (unpaired) electrons. The lowest BCUT2D eigenvalue weighted by Crippen LogP contribution is -2.39. The van der Waals surface area contributed by atoms with Gasteiger partial charge in [0.05, 0.1) is 0 Å². The van der Waals surface area contributed by atoms with Gasteiger partial charge in [-0.1, -0.05) is 11.1 Å². The van der Waals surface area contributed by atoms with E-state index in [1.54, 1.807) is 0 Å². The number of hydrogen-bond donors (Lipinski definition) is 0. The lowest BCUT2D eigenvalue weighted by molar-refractivity contribution is -0.102. The number of oxime groups is 1. The van der Waals surface area contributed by atoms with Crippen LogP contribution >= 0.6 is 0 Å². The van der Waals surface area contributed by atoms with Gasteiger partial charge in [-0.15, -0.1) is 6.42 Å². The van der Waals surface area contributed by atoms with E-state index in [1.807, 2.05) is 0 Å². The lowest BCUT2D eigenvalue weighted by atomic mass is 9.83. The predicted octanol–water partition coefficient (Wildman–Crippen LogP) is 0.799. The molecule has 0 aromatic heterocycles. The van der Waals surface area contributed by atoms with Crippen molar-refractivity contribution < 1.29 is 9.63 Å². The Morgan fingerprint density at radius 3 is 2.88 bits per heavy atom. The maximum atomic E-state index is 10.1. The van der Waals surface area contributed by atoms with Crippen molar-refractivity contribution in [2.45, 2.75) is 18.9 Å². The summed E-state index contributed by atoms with van der Waals surface area (Å²) in [5, 5.41) is 3.52. The van der Waals surface area contributed by atoms with Crippen molar-refractivity contribution >= 4 is 12.5 Å². The number of aldehydes is 1. The van der Waals surface area contributed by atoms with E-state index in [-0.39, 0.29) is 0 Å². The van der Waals surface area contributed by atoms with Gasteiger partial charge in [0.2, 0.25) is 6.10 Å². The first-order valence-electron chi connectivity index (χ1n) is 5.40. The number of carbonyl (C=O) groups excluding carboxylic acids is 1. The van der Waals surface area contributed by atoms with E-state index in [9.17, 15) is 4.79 Å². The van der Waals surface area contributed by atoms with Crippen molar-refractivity contribution in [3.8, 4) is 12.3 Å². The molecule has 3 aliphatic heterocycles. The molecule has 0 amide bonds. The number of hydrogen-bond acceptors (Lipinski definition) is 4. The quantitative estimate of drug-likeness (QED) is 0.303. The van der Waals surface area contributed by atoms with E-state index in [0.29, 0.717) is 12.2 Å². The lowest BCUT2D eigenvalue weighted by Gasteiger charge is -2.39. The van der Waals surface area contributed by atoms with Crippen LogP contribution < -0.4 is 0 Å². The summed E-state index contributed by atoms with van der Waals surface area (Å²) in [5.74, 6) is 3.08. The second-order valence-electron chi connectivity index (χ2n) is 3.98. The SMILES string of the molecule is C#CC(ON=CC=O)C1=CN2CCC1CC2. The van der Waals surface area contributed by atoms with Crippen LogP contribution in [0.15, 0.2) is 16.9 Å². The molecule has 3 rings (SSSR count). The first-order chi connectivity index (χ1) is 7.85. The van der Waals surface area contributed by atoms with Gasteiger partial charge in [0, 0.05) is 24.9 Å². The van der Waals surface area contributed by atoms with E-state index in [1.165, 1.54) is 0 Å². The Morgan fingerprint density at radius 1 is 1.62 bits per heavy atom. The van der Waals surface area contributed by atoms with Crippen molar-refractivity contribution in [3.05, 3.63) is 11.8 Å². The molecule has 2 bridgehead atoms. The number of fused-ring (bicyclic) bond motifs is 2. The van der Waals surface area contributed by atoms with Gasteiger partial charge >= 0.3 is 0 Å². The molecule has 0 spiro atoms. The van der Waals surface area contributed by atoms with Gasteiger partial charge in [0.1, 0.15) is 6.21 Å². The number of carbonyl (C=O) groups is 1. The monoisotopic (exact) mass is 218 g/mol. The third-order valence-electron chi connectivity index (χ3n) is 3.07. The highest BCUT2D eigenvalue weighted by Crippen LogP contribution is 2.33. The van der Waals surface area contributed by atoms with Crippen molar-refractivity contribution in [2.75, 3.05) is 13.1 Å². The summed E-state index contributed by atoms with van der Waals surface area (Å²) < 4.78 is 0. The highest BCUT2D eigenvalue weighted by Gasteiger charge is 2.31. The number of piperidine rings is 1. The molecule has 4 nitrogen and oxygen atoms in total. The minimum Gasteiger partial charge on any atom is -0.377 e. The van der Waals surface area contributed by atoms with Gasteiger partial charge in [-0.3, -0.25) is 4.79 Å². The van der Waals surface area contributed by atoms with E-state index in [2.05, 4.69) is 22.2 Å². The van der Waals surface area contributed by atoms with Crippen molar-refractivity contribution in [2.24, 2.45) is 11.1 Å². The Bertz CT molecular complexity index is 360. The van der Waals surface area contributed by atoms with Gasteiger partial charge in [0.15, 0.2) is 6.29 Å². The van der Waals surface area contributed by atoms with Gasteiger partial charge in [-0.25, -0.2) is 0 Å². The van der Waals surface area contributed by atoms with Gasteiger partial charge in [0.25, 0.3) is 0 Å². The van der Waals surface area contributed by atoms with Crippen molar-refractivity contribution in [3.63, 3.8) is 0 Å². The van der Waals surface area contributed by atoms with Crippen LogP contribution in [-0.4, -0.2) is 36.6 Å². The zero-order valence-corrected chi connectivity index (χ0v) is 9.00. The molecule has 0 saturated carbocycles. The number of terminal acetylenes is 1. The third kappa shape index (κ3) is 2.08. The average Bonchev–Trinajstić information content (AvgIpc) is 2.36.